The van der Waals surface area contributed by atoms with Gasteiger partial charge in [-0.05, 0) is 48.4 Å². The molecule has 0 saturated heterocycles. The van der Waals surface area contributed by atoms with E-state index in [1.54, 1.807) is 11.3 Å². The number of amides is 1. The largest absolute Gasteiger partial charge is 0.322 e. The molecule has 2 aromatic rings. The first-order chi connectivity index (χ1) is 9.20. The third-order valence-electron chi connectivity index (χ3n) is 2.88. The van der Waals surface area contributed by atoms with Gasteiger partial charge in [-0.1, -0.05) is 28.1 Å². The average molecular weight is 338 g/mol. The van der Waals surface area contributed by atoms with Gasteiger partial charge in [0.15, 0.2) is 0 Å². The SMILES string of the molecule is Cc1cscc1C(=O)Nc1cccc(CCCBr)c1. The average Bonchev–Trinajstić information content (AvgIpc) is 2.83. The number of nitrogens with one attached hydrogen (secondary N) is 1. The van der Waals surface area contributed by atoms with Gasteiger partial charge in [0, 0.05) is 16.4 Å². The van der Waals surface area contributed by atoms with Crippen molar-refractivity contribution in [3.05, 3.63) is 51.7 Å². The lowest BCUT2D eigenvalue weighted by Crippen LogP contribution is -2.12. The molecule has 1 aromatic heterocycles. The van der Waals surface area contributed by atoms with Crippen LogP contribution in [-0.2, 0) is 6.42 Å². The van der Waals surface area contributed by atoms with Crippen LogP contribution in [-0.4, -0.2) is 11.2 Å². The van der Waals surface area contributed by atoms with Crippen molar-refractivity contribution >= 4 is 38.9 Å². The molecule has 2 nitrogen and oxygen atoms in total. The molecule has 1 heterocycles. The van der Waals surface area contributed by atoms with Crippen LogP contribution in [0.4, 0.5) is 5.69 Å². The molecule has 0 spiro atoms. The second-order valence-corrected chi connectivity index (χ2v) is 5.95. The molecule has 100 valence electrons. The van der Waals surface area contributed by atoms with Crippen molar-refractivity contribution in [3.63, 3.8) is 0 Å². The molecule has 2 rings (SSSR count). The van der Waals surface area contributed by atoms with Crippen LogP contribution in [0.5, 0.6) is 0 Å². The first-order valence-corrected chi connectivity index (χ1v) is 8.26. The number of aryl methyl sites for hydroxylation is 2. The van der Waals surface area contributed by atoms with Gasteiger partial charge in [-0.15, -0.1) is 0 Å². The molecule has 0 aliphatic carbocycles. The van der Waals surface area contributed by atoms with Gasteiger partial charge < -0.3 is 5.32 Å². The first-order valence-electron chi connectivity index (χ1n) is 6.20. The van der Waals surface area contributed by atoms with Crippen LogP contribution in [0.3, 0.4) is 0 Å². The highest BCUT2D eigenvalue weighted by atomic mass is 79.9. The highest BCUT2D eigenvalue weighted by molar-refractivity contribution is 9.09. The van der Waals surface area contributed by atoms with Gasteiger partial charge in [0.1, 0.15) is 0 Å². The Hall–Kier alpha value is -1.13. The summed E-state index contributed by atoms with van der Waals surface area (Å²) in [7, 11) is 0. The van der Waals surface area contributed by atoms with E-state index in [1.807, 2.05) is 35.9 Å². The number of alkyl halides is 1. The summed E-state index contributed by atoms with van der Waals surface area (Å²) in [5.41, 5.74) is 3.90. The van der Waals surface area contributed by atoms with Gasteiger partial charge in [0.2, 0.25) is 0 Å². The van der Waals surface area contributed by atoms with E-state index in [-0.39, 0.29) is 5.91 Å². The Morgan fingerprint density at radius 2 is 2.21 bits per heavy atom. The van der Waals surface area contributed by atoms with Crippen molar-refractivity contribution in [1.29, 1.82) is 0 Å². The maximum atomic E-state index is 12.1. The molecule has 0 atom stereocenters. The quantitative estimate of drug-likeness (QED) is 0.791. The van der Waals surface area contributed by atoms with E-state index < -0.39 is 0 Å². The molecule has 0 aliphatic heterocycles. The zero-order valence-electron chi connectivity index (χ0n) is 10.8. The van der Waals surface area contributed by atoms with Gasteiger partial charge in [-0.3, -0.25) is 4.79 Å². The molecule has 1 aromatic carbocycles. The predicted molar refractivity (Wildman–Crippen MR) is 85.6 cm³/mol. The van der Waals surface area contributed by atoms with Crippen LogP contribution in [0, 0.1) is 6.92 Å². The number of hydrogen-bond donors (Lipinski definition) is 1. The molecule has 0 bridgehead atoms. The van der Waals surface area contributed by atoms with Crippen molar-refractivity contribution in [2.24, 2.45) is 0 Å². The molecule has 4 heteroatoms. The predicted octanol–water partition coefficient (Wildman–Crippen LogP) is 4.64. The third-order valence-corrected chi connectivity index (χ3v) is 4.31. The fourth-order valence-electron chi connectivity index (χ4n) is 1.87. The lowest BCUT2D eigenvalue weighted by molar-refractivity contribution is 0.102. The van der Waals surface area contributed by atoms with Crippen LogP contribution in [0.2, 0.25) is 0 Å². The van der Waals surface area contributed by atoms with E-state index in [0.29, 0.717) is 0 Å². The minimum atomic E-state index is -0.0311. The van der Waals surface area contributed by atoms with Crippen molar-refractivity contribution in [2.45, 2.75) is 19.8 Å². The molecule has 19 heavy (non-hydrogen) atoms. The summed E-state index contributed by atoms with van der Waals surface area (Å²) in [6, 6.07) is 8.05. The molecule has 0 radical (unpaired) electrons. The van der Waals surface area contributed by atoms with Crippen molar-refractivity contribution < 1.29 is 4.79 Å². The lowest BCUT2D eigenvalue weighted by atomic mass is 10.1. The number of rotatable bonds is 5. The number of carbonyl (C=O) groups is 1. The van der Waals surface area contributed by atoms with Crippen LogP contribution in [0.1, 0.15) is 27.9 Å². The Bertz CT molecular complexity index is 565. The molecular weight excluding hydrogens is 322 g/mol. The summed E-state index contributed by atoms with van der Waals surface area (Å²) >= 11 is 4.98. The van der Waals surface area contributed by atoms with Crippen LogP contribution < -0.4 is 5.32 Å². The zero-order valence-corrected chi connectivity index (χ0v) is 13.2. The smallest absolute Gasteiger partial charge is 0.256 e. The summed E-state index contributed by atoms with van der Waals surface area (Å²) in [6.45, 7) is 1.96. The highest BCUT2D eigenvalue weighted by Gasteiger charge is 2.09. The topological polar surface area (TPSA) is 29.1 Å². The fourth-order valence-corrected chi connectivity index (χ4v) is 2.98. The molecule has 0 unspecified atom stereocenters. The second-order valence-electron chi connectivity index (χ2n) is 4.42. The summed E-state index contributed by atoms with van der Waals surface area (Å²) in [4.78, 5) is 12.1. The van der Waals surface area contributed by atoms with Gasteiger partial charge in [0.05, 0.1) is 5.56 Å². The summed E-state index contributed by atoms with van der Waals surface area (Å²) in [5.74, 6) is -0.0311. The third kappa shape index (κ3) is 3.91. The Morgan fingerprint density at radius 1 is 1.37 bits per heavy atom. The van der Waals surface area contributed by atoms with E-state index in [1.165, 1.54) is 5.56 Å². The number of anilines is 1. The normalized spacial score (nSPS) is 10.4. The van der Waals surface area contributed by atoms with Crippen molar-refractivity contribution in [1.82, 2.24) is 0 Å². The Morgan fingerprint density at radius 3 is 2.89 bits per heavy atom. The van der Waals surface area contributed by atoms with Gasteiger partial charge in [-0.25, -0.2) is 0 Å². The highest BCUT2D eigenvalue weighted by Crippen LogP contribution is 2.17. The standard InChI is InChI=1S/C15H16BrNOS/c1-11-9-19-10-14(11)15(18)17-13-6-2-4-12(8-13)5-3-7-16/h2,4,6,8-10H,3,5,7H2,1H3,(H,17,18). The van der Waals surface area contributed by atoms with Gasteiger partial charge >= 0.3 is 0 Å². The molecular formula is C15H16BrNOS. The summed E-state index contributed by atoms with van der Waals surface area (Å²) in [6.07, 6.45) is 2.12. The fraction of sp³-hybridized carbons (Fsp3) is 0.267. The van der Waals surface area contributed by atoms with E-state index in [2.05, 4.69) is 27.3 Å². The van der Waals surface area contributed by atoms with E-state index >= 15 is 0 Å². The number of thiophene rings is 1. The van der Waals surface area contributed by atoms with Gasteiger partial charge in [0.25, 0.3) is 5.91 Å². The number of hydrogen-bond acceptors (Lipinski definition) is 2. The van der Waals surface area contributed by atoms with Crippen LogP contribution in [0.25, 0.3) is 0 Å². The summed E-state index contributed by atoms with van der Waals surface area (Å²) in [5, 5.41) is 7.83. The Kier molecular flexibility index (Phi) is 5.16. The van der Waals surface area contributed by atoms with Crippen LogP contribution >= 0.6 is 27.3 Å². The van der Waals surface area contributed by atoms with E-state index in [0.717, 1.165) is 35.0 Å². The molecule has 1 N–H and O–H groups in total. The molecule has 0 fully saturated rings. The summed E-state index contributed by atoms with van der Waals surface area (Å²) < 4.78 is 0. The van der Waals surface area contributed by atoms with Crippen LogP contribution in [0.15, 0.2) is 35.0 Å². The van der Waals surface area contributed by atoms with E-state index in [4.69, 9.17) is 0 Å². The number of benzene rings is 1. The van der Waals surface area contributed by atoms with Gasteiger partial charge in [-0.2, -0.15) is 11.3 Å². The minimum Gasteiger partial charge on any atom is -0.322 e. The number of halogens is 1. The minimum absolute atomic E-state index is 0.0311. The Labute approximate surface area is 126 Å². The lowest BCUT2D eigenvalue weighted by Gasteiger charge is -2.07. The van der Waals surface area contributed by atoms with Crippen molar-refractivity contribution in [2.75, 3.05) is 10.6 Å². The molecule has 0 saturated carbocycles. The zero-order chi connectivity index (χ0) is 13.7. The number of carbonyl (C=O) groups excluding carboxylic acids is 1. The maximum Gasteiger partial charge on any atom is 0.256 e. The van der Waals surface area contributed by atoms with Crippen molar-refractivity contribution in [3.8, 4) is 0 Å². The second kappa shape index (κ2) is 6.87. The monoisotopic (exact) mass is 337 g/mol. The maximum absolute atomic E-state index is 12.1. The first kappa shape index (κ1) is 14.3. The molecule has 1 amide bonds. The van der Waals surface area contributed by atoms with E-state index in [9.17, 15) is 4.79 Å². The molecule has 0 aliphatic rings. The Balaban J connectivity index is 2.07.